The molecular weight excluding hydrogens is 568 g/mol. The molecule has 0 radical (unpaired) electrons. The van der Waals surface area contributed by atoms with Crippen LogP contribution in [0.3, 0.4) is 0 Å². The third kappa shape index (κ3) is 6.67. The molecule has 0 aromatic heterocycles. The van der Waals surface area contributed by atoms with E-state index in [9.17, 15) is 9.90 Å². The maximum Gasteiger partial charge on any atom is 0.153 e. The average molecular weight is 587 g/mol. The molecule has 152 valence electrons. The molecule has 1 atom stereocenters. The summed E-state index contributed by atoms with van der Waals surface area (Å²) in [6.45, 7) is 0. The molecule has 4 nitrogen and oxygen atoms in total. The standard InChI is InChI=1S/C14H12Br2O2.C8H7BrO2/c1-18-13-7-6-11(16)8-12(13)14(17)9-2-4-10(15)5-3-9;1-11-8-3-2-7(9)4-6(8)5-10/h2-8,14,17H,1H3;2-5H,1H3. The number of benzene rings is 3. The van der Waals surface area contributed by atoms with E-state index in [2.05, 4.69) is 47.8 Å². The van der Waals surface area contributed by atoms with E-state index in [1.54, 1.807) is 19.2 Å². The fourth-order valence-electron chi connectivity index (χ4n) is 2.54. The number of ether oxygens (including phenoxy) is 2. The molecule has 3 aromatic carbocycles. The van der Waals surface area contributed by atoms with Gasteiger partial charge in [-0.25, -0.2) is 0 Å². The lowest BCUT2D eigenvalue weighted by Crippen LogP contribution is -2.02. The third-order valence-electron chi connectivity index (χ3n) is 3.99. The Morgan fingerprint density at radius 2 is 1.31 bits per heavy atom. The first-order valence-electron chi connectivity index (χ1n) is 8.45. The van der Waals surface area contributed by atoms with Crippen LogP contribution in [0, 0.1) is 0 Å². The minimum Gasteiger partial charge on any atom is -0.496 e. The first kappa shape index (κ1) is 23.6. The number of aldehydes is 1. The van der Waals surface area contributed by atoms with E-state index in [1.165, 1.54) is 7.11 Å². The first-order chi connectivity index (χ1) is 13.9. The van der Waals surface area contributed by atoms with Crippen molar-refractivity contribution in [3.05, 3.63) is 90.8 Å². The molecule has 0 fully saturated rings. The molecule has 3 aromatic rings. The molecule has 0 aliphatic heterocycles. The Labute approximate surface area is 195 Å². The number of methoxy groups -OCH3 is 2. The van der Waals surface area contributed by atoms with Crippen LogP contribution in [-0.2, 0) is 0 Å². The van der Waals surface area contributed by atoms with Crippen LogP contribution in [0.15, 0.2) is 74.1 Å². The van der Waals surface area contributed by atoms with Crippen molar-refractivity contribution in [1.82, 2.24) is 0 Å². The molecule has 0 aliphatic rings. The number of rotatable bonds is 5. The monoisotopic (exact) mass is 584 g/mol. The lowest BCUT2D eigenvalue weighted by atomic mass is 10.0. The zero-order chi connectivity index (χ0) is 21.4. The van der Waals surface area contributed by atoms with Crippen LogP contribution < -0.4 is 9.47 Å². The van der Waals surface area contributed by atoms with Crippen LogP contribution in [-0.4, -0.2) is 25.6 Å². The van der Waals surface area contributed by atoms with Crippen LogP contribution in [0.25, 0.3) is 0 Å². The van der Waals surface area contributed by atoms with Crippen LogP contribution in [0.1, 0.15) is 27.6 Å². The molecule has 0 bridgehead atoms. The molecule has 0 spiro atoms. The fourth-order valence-corrected chi connectivity index (χ4v) is 3.56. The molecule has 1 unspecified atom stereocenters. The highest BCUT2D eigenvalue weighted by molar-refractivity contribution is 9.11. The zero-order valence-corrected chi connectivity index (χ0v) is 20.5. The smallest absolute Gasteiger partial charge is 0.153 e. The SMILES string of the molecule is COc1ccc(Br)cc1C(O)c1ccc(Br)cc1.COc1ccc(Br)cc1C=O. The van der Waals surface area contributed by atoms with Crippen LogP contribution in [0.2, 0.25) is 0 Å². The lowest BCUT2D eigenvalue weighted by Gasteiger charge is -2.15. The average Bonchev–Trinajstić information content (AvgIpc) is 2.74. The van der Waals surface area contributed by atoms with Crippen molar-refractivity contribution in [3.63, 3.8) is 0 Å². The number of hydrogen-bond donors (Lipinski definition) is 1. The molecule has 29 heavy (non-hydrogen) atoms. The summed E-state index contributed by atoms with van der Waals surface area (Å²) in [6.07, 6.45) is 0.0643. The summed E-state index contributed by atoms with van der Waals surface area (Å²) in [5, 5.41) is 10.4. The van der Waals surface area contributed by atoms with Crippen molar-refractivity contribution in [2.75, 3.05) is 14.2 Å². The van der Waals surface area contributed by atoms with Crippen LogP contribution in [0.4, 0.5) is 0 Å². The molecule has 0 heterocycles. The molecule has 0 aliphatic carbocycles. The van der Waals surface area contributed by atoms with Gasteiger partial charge in [0.05, 0.1) is 19.8 Å². The van der Waals surface area contributed by atoms with Gasteiger partial charge >= 0.3 is 0 Å². The Balaban J connectivity index is 0.000000234. The maximum atomic E-state index is 10.4. The minimum absolute atomic E-state index is 0.557. The first-order valence-corrected chi connectivity index (χ1v) is 10.8. The van der Waals surface area contributed by atoms with Gasteiger partial charge in [0.25, 0.3) is 0 Å². The molecule has 0 saturated carbocycles. The molecular formula is C22H19Br3O4. The van der Waals surface area contributed by atoms with E-state index >= 15 is 0 Å². The normalized spacial score (nSPS) is 11.1. The topological polar surface area (TPSA) is 55.8 Å². The number of hydrogen-bond acceptors (Lipinski definition) is 4. The quantitative estimate of drug-likeness (QED) is 0.344. The van der Waals surface area contributed by atoms with Gasteiger partial charge in [0, 0.05) is 19.0 Å². The predicted octanol–water partition coefficient (Wildman–Crippen LogP) is 6.57. The Kier molecular flexibility index (Phi) is 9.36. The number of aliphatic hydroxyl groups excluding tert-OH is 1. The summed E-state index contributed by atoms with van der Waals surface area (Å²) in [5.74, 6) is 1.27. The lowest BCUT2D eigenvalue weighted by molar-refractivity contribution is 0.112. The molecule has 0 amide bonds. The third-order valence-corrected chi connectivity index (χ3v) is 5.51. The van der Waals surface area contributed by atoms with Gasteiger partial charge in [-0.2, -0.15) is 0 Å². The number of aliphatic hydroxyl groups is 1. The van der Waals surface area contributed by atoms with E-state index in [4.69, 9.17) is 9.47 Å². The maximum absolute atomic E-state index is 10.4. The Hall–Kier alpha value is -1.67. The number of halogens is 3. The largest absolute Gasteiger partial charge is 0.496 e. The Bertz CT molecular complexity index is 959. The highest BCUT2D eigenvalue weighted by Crippen LogP contribution is 2.32. The van der Waals surface area contributed by atoms with Gasteiger partial charge in [-0.05, 0) is 54.1 Å². The van der Waals surface area contributed by atoms with Crippen molar-refractivity contribution >= 4 is 54.1 Å². The summed E-state index contributed by atoms with van der Waals surface area (Å²) in [4.78, 5) is 10.4. The molecule has 1 N–H and O–H groups in total. The summed E-state index contributed by atoms with van der Waals surface area (Å²) < 4.78 is 13.0. The highest BCUT2D eigenvalue weighted by atomic mass is 79.9. The number of carbonyl (C=O) groups is 1. The van der Waals surface area contributed by atoms with Crippen LogP contribution in [0.5, 0.6) is 11.5 Å². The van der Waals surface area contributed by atoms with Gasteiger partial charge in [-0.15, -0.1) is 0 Å². The van der Waals surface area contributed by atoms with Gasteiger partial charge in [0.15, 0.2) is 6.29 Å². The second kappa shape index (κ2) is 11.5. The number of carbonyl (C=O) groups excluding carboxylic acids is 1. The fraction of sp³-hybridized carbons (Fsp3) is 0.136. The van der Waals surface area contributed by atoms with Crippen molar-refractivity contribution in [1.29, 1.82) is 0 Å². The van der Waals surface area contributed by atoms with Crippen molar-refractivity contribution in [2.24, 2.45) is 0 Å². The Morgan fingerprint density at radius 1 is 0.793 bits per heavy atom. The highest BCUT2D eigenvalue weighted by Gasteiger charge is 2.15. The molecule has 3 rings (SSSR count). The summed E-state index contributed by atoms with van der Waals surface area (Å²) >= 11 is 10.0. The van der Waals surface area contributed by atoms with Crippen LogP contribution >= 0.6 is 47.8 Å². The Morgan fingerprint density at radius 3 is 1.86 bits per heavy atom. The van der Waals surface area contributed by atoms with E-state index in [0.717, 1.165) is 30.8 Å². The second-order valence-corrected chi connectivity index (χ2v) is 8.59. The van der Waals surface area contributed by atoms with Crippen molar-refractivity contribution < 1.29 is 19.4 Å². The van der Waals surface area contributed by atoms with Gasteiger partial charge in [0.1, 0.15) is 17.6 Å². The van der Waals surface area contributed by atoms with Gasteiger partial charge in [0.2, 0.25) is 0 Å². The van der Waals surface area contributed by atoms with Gasteiger partial charge < -0.3 is 14.6 Å². The van der Waals surface area contributed by atoms with E-state index in [1.807, 2.05) is 48.5 Å². The van der Waals surface area contributed by atoms with E-state index in [0.29, 0.717) is 17.1 Å². The van der Waals surface area contributed by atoms with Gasteiger partial charge in [-0.3, -0.25) is 4.79 Å². The van der Waals surface area contributed by atoms with Crippen molar-refractivity contribution in [2.45, 2.75) is 6.10 Å². The van der Waals surface area contributed by atoms with Gasteiger partial charge in [-0.1, -0.05) is 59.9 Å². The predicted molar refractivity (Wildman–Crippen MR) is 125 cm³/mol. The molecule has 7 heteroatoms. The van der Waals surface area contributed by atoms with E-state index in [-0.39, 0.29) is 0 Å². The zero-order valence-electron chi connectivity index (χ0n) is 15.7. The minimum atomic E-state index is -0.703. The summed E-state index contributed by atoms with van der Waals surface area (Å²) in [5.41, 5.74) is 2.13. The summed E-state index contributed by atoms with van der Waals surface area (Å²) in [6, 6.07) is 18.4. The summed E-state index contributed by atoms with van der Waals surface area (Å²) in [7, 11) is 3.14. The van der Waals surface area contributed by atoms with Crippen molar-refractivity contribution in [3.8, 4) is 11.5 Å². The molecule has 0 saturated heterocycles. The van der Waals surface area contributed by atoms with E-state index < -0.39 is 6.10 Å². The second-order valence-electron chi connectivity index (χ2n) is 5.84.